The molecule has 0 saturated heterocycles. The zero-order valence-electron chi connectivity index (χ0n) is 10.6. The molecule has 2 heteroatoms. The highest BCUT2D eigenvalue weighted by atomic mass is 16.1. The van der Waals surface area contributed by atoms with Gasteiger partial charge in [0.05, 0.1) is 5.69 Å². The van der Waals surface area contributed by atoms with E-state index in [2.05, 4.69) is 24.0 Å². The van der Waals surface area contributed by atoms with E-state index in [1.807, 2.05) is 36.4 Å². The third kappa shape index (κ3) is 2.13. The molecule has 0 N–H and O–H groups in total. The number of nitrogens with zero attached hydrogens (tertiary/aromatic N) is 1. The Balaban J connectivity index is 2.31. The molecule has 92 valence electrons. The van der Waals surface area contributed by atoms with E-state index in [1.165, 1.54) is 5.56 Å². The molecule has 0 aliphatic carbocycles. The lowest BCUT2D eigenvalue weighted by atomic mass is 10.0. The number of aryl methyl sites for hydroxylation is 1. The van der Waals surface area contributed by atoms with Gasteiger partial charge in [-0.15, -0.1) is 0 Å². The highest BCUT2D eigenvalue weighted by molar-refractivity contribution is 5.97. The van der Waals surface area contributed by atoms with Crippen LogP contribution in [0.25, 0.3) is 22.0 Å². The van der Waals surface area contributed by atoms with Crippen LogP contribution in [0.1, 0.15) is 15.9 Å². The predicted molar refractivity (Wildman–Crippen MR) is 77.3 cm³/mol. The molecule has 0 aliphatic heterocycles. The van der Waals surface area contributed by atoms with Crippen molar-refractivity contribution in [2.45, 2.75) is 6.92 Å². The first kappa shape index (κ1) is 11.6. The molecule has 0 spiro atoms. The summed E-state index contributed by atoms with van der Waals surface area (Å²) in [5, 5.41) is 2.11. The van der Waals surface area contributed by atoms with Crippen LogP contribution >= 0.6 is 0 Å². The number of carbonyl (C=O) groups excluding carboxylic acids is 1. The third-order valence-electron chi connectivity index (χ3n) is 3.22. The predicted octanol–water partition coefficient (Wildman–Crippen LogP) is 4.02. The molecule has 0 radical (unpaired) electrons. The molecule has 1 heterocycles. The van der Waals surface area contributed by atoms with E-state index in [4.69, 9.17) is 0 Å². The molecule has 0 saturated carbocycles. The van der Waals surface area contributed by atoms with Gasteiger partial charge in [0.2, 0.25) is 0 Å². The van der Waals surface area contributed by atoms with Crippen molar-refractivity contribution >= 4 is 17.1 Å². The Labute approximate surface area is 111 Å². The smallest absolute Gasteiger partial charge is 0.150 e. The van der Waals surface area contributed by atoms with Gasteiger partial charge < -0.3 is 0 Å². The first-order valence-corrected chi connectivity index (χ1v) is 6.19. The van der Waals surface area contributed by atoms with Crippen LogP contribution in [-0.4, -0.2) is 11.3 Å². The van der Waals surface area contributed by atoms with Gasteiger partial charge in [0.1, 0.15) is 6.29 Å². The zero-order valence-corrected chi connectivity index (χ0v) is 10.6. The molecular weight excluding hydrogens is 234 g/mol. The summed E-state index contributed by atoms with van der Waals surface area (Å²) in [6.07, 6.45) is 2.67. The largest absolute Gasteiger partial charge is 0.298 e. The second kappa shape index (κ2) is 4.65. The minimum atomic E-state index is 0.675. The highest BCUT2D eigenvalue weighted by Crippen LogP contribution is 2.27. The molecule has 0 aliphatic rings. The number of rotatable bonds is 2. The van der Waals surface area contributed by atoms with Gasteiger partial charge in [0.25, 0.3) is 0 Å². The molecular formula is C17H13NO. The quantitative estimate of drug-likeness (QED) is 0.640. The number of aldehydes is 1. The molecule has 0 fully saturated rings. The van der Waals surface area contributed by atoms with Gasteiger partial charge in [-0.3, -0.25) is 9.78 Å². The third-order valence-corrected chi connectivity index (χ3v) is 3.22. The molecule has 3 aromatic rings. The van der Waals surface area contributed by atoms with E-state index in [0.717, 1.165) is 28.3 Å². The summed E-state index contributed by atoms with van der Waals surface area (Å²) in [4.78, 5) is 15.4. The van der Waals surface area contributed by atoms with Gasteiger partial charge in [-0.05, 0) is 30.5 Å². The standard InChI is InChI=1S/C17H13NO/c1-12-3-2-4-15(9-12)17-16-10-13(11-19)5-6-14(16)7-8-18-17/h2-11H,1H3. The first-order valence-electron chi connectivity index (χ1n) is 6.19. The average molecular weight is 247 g/mol. The molecule has 0 atom stereocenters. The fraction of sp³-hybridized carbons (Fsp3) is 0.0588. The lowest BCUT2D eigenvalue weighted by molar-refractivity contribution is 0.112. The van der Waals surface area contributed by atoms with Crippen LogP contribution in [0.3, 0.4) is 0 Å². The number of pyridine rings is 1. The van der Waals surface area contributed by atoms with E-state index in [0.29, 0.717) is 5.56 Å². The van der Waals surface area contributed by atoms with E-state index in [1.54, 1.807) is 6.20 Å². The monoisotopic (exact) mass is 247 g/mol. The molecule has 2 nitrogen and oxygen atoms in total. The van der Waals surface area contributed by atoms with Crippen LogP contribution in [0, 0.1) is 6.92 Å². The molecule has 1 aromatic heterocycles. The SMILES string of the molecule is Cc1cccc(-c2nccc3ccc(C=O)cc23)c1. The molecule has 0 amide bonds. The second-order valence-electron chi connectivity index (χ2n) is 4.63. The van der Waals surface area contributed by atoms with Crippen molar-refractivity contribution in [1.82, 2.24) is 4.98 Å². The van der Waals surface area contributed by atoms with E-state index in [9.17, 15) is 4.79 Å². The Hall–Kier alpha value is -2.48. The van der Waals surface area contributed by atoms with Crippen molar-refractivity contribution in [3.63, 3.8) is 0 Å². The van der Waals surface area contributed by atoms with Gasteiger partial charge in [-0.2, -0.15) is 0 Å². The number of hydrogen-bond acceptors (Lipinski definition) is 2. The van der Waals surface area contributed by atoms with Crippen LogP contribution in [0.5, 0.6) is 0 Å². The van der Waals surface area contributed by atoms with Gasteiger partial charge >= 0.3 is 0 Å². The Morgan fingerprint density at radius 2 is 1.95 bits per heavy atom. The minimum Gasteiger partial charge on any atom is -0.298 e. The van der Waals surface area contributed by atoms with E-state index < -0.39 is 0 Å². The van der Waals surface area contributed by atoms with Gasteiger partial charge in [-0.1, -0.05) is 35.9 Å². The maximum atomic E-state index is 10.9. The van der Waals surface area contributed by atoms with Crippen molar-refractivity contribution < 1.29 is 4.79 Å². The number of benzene rings is 2. The number of fused-ring (bicyclic) bond motifs is 1. The summed E-state index contributed by atoms with van der Waals surface area (Å²) in [6.45, 7) is 2.06. The lowest BCUT2D eigenvalue weighted by Crippen LogP contribution is -1.88. The Morgan fingerprint density at radius 3 is 2.74 bits per heavy atom. The molecule has 0 unspecified atom stereocenters. The Bertz CT molecular complexity index is 762. The van der Waals surface area contributed by atoms with Crippen molar-refractivity contribution in [3.05, 3.63) is 65.9 Å². The number of aromatic nitrogens is 1. The van der Waals surface area contributed by atoms with Gasteiger partial charge in [0, 0.05) is 22.7 Å². The number of carbonyl (C=O) groups is 1. The second-order valence-corrected chi connectivity index (χ2v) is 4.63. The molecule has 19 heavy (non-hydrogen) atoms. The summed E-state index contributed by atoms with van der Waals surface area (Å²) in [5.41, 5.74) is 3.87. The number of hydrogen-bond donors (Lipinski definition) is 0. The van der Waals surface area contributed by atoms with Crippen LogP contribution < -0.4 is 0 Å². The topological polar surface area (TPSA) is 30.0 Å². The van der Waals surface area contributed by atoms with Crippen LogP contribution in [0.2, 0.25) is 0 Å². The van der Waals surface area contributed by atoms with Gasteiger partial charge in [-0.25, -0.2) is 0 Å². The summed E-state index contributed by atoms with van der Waals surface area (Å²) in [5.74, 6) is 0. The summed E-state index contributed by atoms with van der Waals surface area (Å²) >= 11 is 0. The average Bonchev–Trinajstić information content (AvgIpc) is 2.46. The lowest BCUT2D eigenvalue weighted by Gasteiger charge is -2.07. The van der Waals surface area contributed by atoms with E-state index >= 15 is 0 Å². The van der Waals surface area contributed by atoms with Gasteiger partial charge in [0.15, 0.2) is 0 Å². The maximum absolute atomic E-state index is 10.9. The normalized spacial score (nSPS) is 10.6. The minimum absolute atomic E-state index is 0.675. The van der Waals surface area contributed by atoms with Crippen molar-refractivity contribution in [2.75, 3.05) is 0 Å². The van der Waals surface area contributed by atoms with Crippen LogP contribution in [0.15, 0.2) is 54.7 Å². The summed E-state index contributed by atoms with van der Waals surface area (Å²) in [6, 6.07) is 15.9. The van der Waals surface area contributed by atoms with Crippen molar-refractivity contribution in [3.8, 4) is 11.3 Å². The first-order chi connectivity index (χ1) is 9.28. The Morgan fingerprint density at radius 1 is 1.05 bits per heavy atom. The summed E-state index contributed by atoms with van der Waals surface area (Å²) in [7, 11) is 0. The van der Waals surface area contributed by atoms with Crippen molar-refractivity contribution in [2.24, 2.45) is 0 Å². The molecule has 3 rings (SSSR count). The van der Waals surface area contributed by atoms with Crippen LogP contribution in [0.4, 0.5) is 0 Å². The summed E-state index contributed by atoms with van der Waals surface area (Å²) < 4.78 is 0. The molecule has 2 aromatic carbocycles. The fourth-order valence-corrected chi connectivity index (χ4v) is 2.28. The van der Waals surface area contributed by atoms with Crippen LogP contribution in [-0.2, 0) is 0 Å². The highest BCUT2D eigenvalue weighted by Gasteiger charge is 2.06. The maximum Gasteiger partial charge on any atom is 0.150 e. The zero-order chi connectivity index (χ0) is 13.2. The molecule has 0 bridgehead atoms. The fourth-order valence-electron chi connectivity index (χ4n) is 2.28. The van der Waals surface area contributed by atoms with E-state index in [-0.39, 0.29) is 0 Å². The Kier molecular flexibility index (Phi) is 2.84. The van der Waals surface area contributed by atoms with Crippen molar-refractivity contribution in [1.29, 1.82) is 0 Å².